The quantitative estimate of drug-likeness (QED) is 0.812. The van der Waals surface area contributed by atoms with E-state index in [1.165, 1.54) is 0 Å². The van der Waals surface area contributed by atoms with E-state index in [4.69, 9.17) is 0 Å². The highest BCUT2D eigenvalue weighted by Crippen LogP contribution is 2.16. The second-order valence-electron chi connectivity index (χ2n) is 6.31. The van der Waals surface area contributed by atoms with Gasteiger partial charge in [-0.3, -0.25) is 4.79 Å². The second-order valence-corrected chi connectivity index (χ2v) is 6.31. The fraction of sp³-hybridized carbons (Fsp3) is 0.750. The van der Waals surface area contributed by atoms with Crippen molar-refractivity contribution in [3.05, 3.63) is 11.4 Å². The minimum Gasteiger partial charge on any atom is -0.346 e. The van der Waals surface area contributed by atoms with E-state index in [2.05, 4.69) is 15.6 Å². The first-order chi connectivity index (χ1) is 7.52. The third-order valence-electron chi connectivity index (χ3n) is 2.23. The van der Waals surface area contributed by atoms with Crippen LogP contribution < -0.4 is 5.32 Å². The monoisotopic (exact) mass is 238 g/mol. The van der Waals surface area contributed by atoms with E-state index in [1.54, 1.807) is 4.68 Å². The van der Waals surface area contributed by atoms with E-state index < -0.39 is 0 Å². The number of nitrogens with one attached hydrogen (secondary N) is 1. The van der Waals surface area contributed by atoms with Crippen LogP contribution in [0.5, 0.6) is 0 Å². The summed E-state index contributed by atoms with van der Waals surface area (Å²) in [6.07, 6.45) is 0. The van der Waals surface area contributed by atoms with Crippen LogP contribution in [0, 0.1) is 6.92 Å². The molecule has 5 nitrogen and oxygen atoms in total. The molecule has 1 N–H and O–H groups in total. The molecule has 0 aromatic carbocycles. The van der Waals surface area contributed by atoms with Crippen LogP contribution in [0.2, 0.25) is 0 Å². The van der Waals surface area contributed by atoms with Crippen molar-refractivity contribution in [2.45, 2.75) is 59.5 Å². The number of rotatable bonds is 1. The Labute approximate surface area is 103 Å². The van der Waals surface area contributed by atoms with Crippen molar-refractivity contribution in [1.29, 1.82) is 0 Å². The molecule has 0 fully saturated rings. The van der Waals surface area contributed by atoms with Crippen LogP contribution in [0.25, 0.3) is 0 Å². The molecule has 1 aromatic heterocycles. The van der Waals surface area contributed by atoms with Gasteiger partial charge in [-0.1, -0.05) is 5.21 Å². The number of carbonyl (C=O) groups excluding carboxylic acids is 1. The summed E-state index contributed by atoms with van der Waals surface area (Å²) in [6, 6.07) is 0. The summed E-state index contributed by atoms with van der Waals surface area (Å²) in [5.74, 6) is -0.175. The molecule has 0 radical (unpaired) electrons. The van der Waals surface area contributed by atoms with Crippen LogP contribution in [0.3, 0.4) is 0 Å². The highest BCUT2D eigenvalue weighted by Gasteiger charge is 2.25. The van der Waals surface area contributed by atoms with E-state index in [0.717, 1.165) is 5.69 Å². The average Bonchev–Trinajstić information content (AvgIpc) is 2.42. The van der Waals surface area contributed by atoms with Crippen molar-refractivity contribution in [3.63, 3.8) is 0 Å². The Balaban J connectivity index is 3.02. The van der Waals surface area contributed by atoms with Gasteiger partial charge in [-0.2, -0.15) is 0 Å². The van der Waals surface area contributed by atoms with Gasteiger partial charge < -0.3 is 5.32 Å². The van der Waals surface area contributed by atoms with E-state index >= 15 is 0 Å². The molecule has 0 unspecified atom stereocenters. The predicted molar refractivity (Wildman–Crippen MR) is 67.0 cm³/mol. The van der Waals surface area contributed by atoms with Crippen molar-refractivity contribution in [2.24, 2.45) is 0 Å². The first kappa shape index (κ1) is 13.7. The third-order valence-corrected chi connectivity index (χ3v) is 2.23. The van der Waals surface area contributed by atoms with Crippen molar-refractivity contribution in [2.75, 3.05) is 0 Å². The Morgan fingerprint density at radius 2 is 1.71 bits per heavy atom. The van der Waals surface area contributed by atoms with Gasteiger partial charge in [-0.05, 0) is 48.5 Å². The van der Waals surface area contributed by atoms with Crippen molar-refractivity contribution < 1.29 is 4.79 Å². The lowest BCUT2D eigenvalue weighted by molar-refractivity contribution is 0.0913. The molecule has 0 aliphatic rings. The lowest BCUT2D eigenvalue weighted by atomic mass is 10.1. The maximum atomic E-state index is 12.0. The highest BCUT2D eigenvalue weighted by atomic mass is 16.2. The minimum absolute atomic E-state index is 0.169. The zero-order chi connectivity index (χ0) is 13.4. The number of hydrogen-bond donors (Lipinski definition) is 1. The lowest BCUT2D eigenvalue weighted by Crippen LogP contribution is -2.41. The molecule has 0 saturated heterocycles. The second kappa shape index (κ2) is 4.13. The molecule has 96 valence electrons. The molecule has 0 aliphatic heterocycles. The van der Waals surface area contributed by atoms with Gasteiger partial charge in [-0.25, -0.2) is 4.68 Å². The van der Waals surface area contributed by atoms with Gasteiger partial charge in [0, 0.05) is 5.54 Å². The zero-order valence-electron chi connectivity index (χ0n) is 11.7. The number of aromatic nitrogens is 3. The van der Waals surface area contributed by atoms with Crippen LogP contribution in [-0.4, -0.2) is 26.4 Å². The van der Waals surface area contributed by atoms with Gasteiger partial charge in [0.15, 0.2) is 5.69 Å². The van der Waals surface area contributed by atoms with Crippen LogP contribution in [0.1, 0.15) is 57.7 Å². The Bertz CT molecular complexity index is 421. The van der Waals surface area contributed by atoms with Gasteiger partial charge in [0.25, 0.3) is 5.91 Å². The molecule has 1 rings (SSSR count). The van der Waals surface area contributed by atoms with Crippen LogP contribution in [-0.2, 0) is 5.54 Å². The fourth-order valence-electron chi connectivity index (χ4n) is 1.58. The SMILES string of the molecule is Cc1c(C(=O)NC(C)(C)C)nnn1C(C)(C)C. The van der Waals surface area contributed by atoms with Gasteiger partial charge in [0.05, 0.1) is 11.2 Å². The Morgan fingerprint density at radius 1 is 1.18 bits per heavy atom. The Hall–Kier alpha value is -1.39. The van der Waals surface area contributed by atoms with E-state index in [0.29, 0.717) is 5.69 Å². The van der Waals surface area contributed by atoms with Crippen LogP contribution in [0.4, 0.5) is 0 Å². The maximum absolute atomic E-state index is 12.0. The molecule has 0 bridgehead atoms. The van der Waals surface area contributed by atoms with E-state index in [-0.39, 0.29) is 17.0 Å². The van der Waals surface area contributed by atoms with Crippen LogP contribution in [0.15, 0.2) is 0 Å². The first-order valence-corrected chi connectivity index (χ1v) is 5.77. The number of amides is 1. The largest absolute Gasteiger partial charge is 0.346 e. The molecule has 1 amide bonds. The Kier molecular flexibility index (Phi) is 3.32. The van der Waals surface area contributed by atoms with Crippen molar-refractivity contribution in [3.8, 4) is 0 Å². The average molecular weight is 238 g/mol. The van der Waals surface area contributed by atoms with Gasteiger partial charge in [-0.15, -0.1) is 5.10 Å². The van der Waals surface area contributed by atoms with Gasteiger partial charge in [0.1, 0.15) is 0 Å². The highest BCUT2D eigenvalue weighted by molar-refractivity contribution is 5.93. The molecular formula is C12H22N4O. The topological polar surface area (TPSA) is 59.8 Å². The summed E-state index contributed by atoms with van der Waals surface area (Å²) in [5.41, 5.74) is 0.751. The number of hydrogen-bond acceptors (Lipinski definition) is 3. The normalized spacial score (nSPS) is 12.6. The maximum Gasteiger partial charge on any atom is 0.274 e. The molecule has 0 saturated carbocycles. The van der Waals surface area contributed by atoms with E-state index in [1.807, 2.05) is 48.5 Å². The zero-order valence-corrected chi connectivity index (χ0v) is 11.7. The summed E-state index contributed by atoms with van der Waals surface area (Å²) < 4.78 is 1.77. The third kappa shape index (κ3) is 3.28. The minimum atomic E-state index is -0.269. The van der Waals surface area contributed by atoms with Crippen molar-refractivity contribution >= 4 is 5.91 Å². The molecule has 1 aromatic rings. The predicted octanol–water partition coefficient (Wildman–Crippen LogP) is 1.87. The van der Waals surface area contributed by atoms with Crippen molar-refractivity contribution in [1.82, 2.24) is 20.3 Å². The first-order valence-electron chi connectivity index (χ1n) is 5.77. The Morgan fingerprint density at radius 3 is 2.06 bits per heavy atom. The standard InChI is InChI=1S/C12H22N4O/c1-8-9(10(17)13-11(2,3)4)14-15-16(8)12(5,6)7/h1-7H3,(H,13,17). The summed E-state index contributed by atoms with van der Waals surface area (Å²) in [6.45, 7) is 13.8. The summed E-state index contributed by atoms with van der Waals surface area (Å²) in [5, 5.41) is 10.9. The lowest BCUT2D eigenvalue weighted by Gasteiger charge is -2.21. The van der Waals surface area contributed by atoms with Gasteiger partial charge in [0.2, 0.25) is 0 Å². The van der Waals surface area contributed by atoms with Crippen LogP contribution >= 0.6 is 0 Å². The summed E-state index contributed by atoms with van der Waals surface area (Å²) in [4.78, 5) is 12.0. The molecule has 5 heteroatoms. The molecule has 0 atom stereocenters. The van der Waals surface area contributed by atoms with E-state index in [9.17, 15) is 4.79 Å². The molecular weight excluding hydrogens is 216 g/mol. The summed E-state index contributed by atoms with van der Waals surface area (Å²) in [7, 11) is 0. The summed E-state index contributed by atoms with van der Waals surface area (Å²) >= 11 is 0. The number of nitrogens with zero attached hydrogens (tertiary/aromatic N) is 3. The molecule has 17 heavy (non-hydrogen) atoms. The molecule has 0 aliphatic carbocycles. The molecule has 1 heterocycles. The van der Waals surface area contributed by atoms with Gasteiger partial charge >= 0.3 is 0 Å². The number of carbonyl (C=O) groups is 1. The fourth-order valence-corrected chi connectivity index (χ4v) is 1.58. The molecule has 0 spiro atoms. The smallest absolute Gasteiger partial charge is 0.274 e.